The van der Waals surface area contributed by atoms with Crippen molar-refractivity contribution < 1.29 is 23.8 Å². The number of Topliss-reactive ketones (excluding diaryl/α,β-unsaturated/α-hetero) is 1. The van der Waals surface area contributed by atoms with Crippen LogP contribution < -0.4 is 10.6 Å². The number of urea groups is 1. The molecule has 2 rings (SSSR count). The molecule has 2 heterocycles. The number of unbranched alkanes of at least 4 members (excludes halogenated alkanes) is 4. The fourth-order valence-corrected chi connectivity index (χ4v) is 5.50. The summed E-state index contributed by atoms with van der Waals surface area (Å²) in [6.45, 7) is 6.16. The van der Waals surface area contributed by atoms with E-state index in [2.05, 4.69) is 17.6 Å². The van der Waals surface area contributed by atoms with E-state index in [0.717, 1.165) is 50.9 Å². The second-order valence-corrected chi connectivity index (χ2v) is 9.68. The van der Waals surface area contributed by atoms with Crippen LogP contribution in [0.2, 0.25) is 0 Å². The van der Waals surface area contributed by atoms with Crippen molar-refractivity contribution in [3.63, 3.8) is 0 Å². The highest BCUT2D eigenvalue weighted by Gasteiger charge is 2.42. The molecule has 8 heteroatoms. The lowest BCUT2D eigenvalue weighted by Gasteiger charge is -2.16. The zero-order valence-electron chi connectivity index (χ0n) is 19.2. The van der Waals surface area contributed by atoms with E-state index in [1.165, 1.54) is 12.8 Å². The summed E-state index contributed by atoms with van der Waals surface area (Å²) in [4.78, 5) is 23.4. The van der Waals surface area contributed by atoms with Crippen molar-refractivity contribution in [3.05, 3.63) is 0 Å². The van der Waals surface area contributed by atoms with E-state index >= 15 is 0 Å². The van der Waals surface area contributed by atoms with Crippen LogP contribution in [0.1, 0.15) is 71.1 Å². The zero-order chi connectivity index (χ0) is 22.2. The topological polar surface area (TPSA) is 85.9 Å². The van der Waals surface area contributed by atoms with Crippen molar-refractivity contribution in [2.45, 2.75) is 88.5 Å². The van der Waals surface area contributed by atoms with Crippen LogP contribution in [0, 0.1) is 0 Å². The molecule has 180 valence electrons. The third-order valence-corrected chi connectivity index (χ3v) is 7.27. The average molecular weight is 459 g/mol. The lowest BCUT2D eigenvalue weighted by atomic mass is 10.0. The number of hydrogen-bond donors (Lipinski definition) is 2. The van der Waals surface area contributed by atoms with Crippen molar-refractivity contribution in [3.8, 4) is 0 Å². The molecule has 2 aliphatic rings. The van der Waals surface area contributed by atoms with Gasteiger partial charge in [-0.15, -0.1) is 0 Å². The minimum atomic E-state index is -0.0326. The van der Waals surface area contributed by atoms with Gasteiger partial charge in [-0.05, 0) is 32.1 Å². The van der Waals surface area contributed by atoms with E-state index in [4.69, 9.17) is 14.2 Å². The largest absolute Gasteiger partial charge is 0.379 e. The first-order chi connectivity index (χ1) is 15.2. The molecular formula is C23H42N2O5S. The molecule has 0 aromatic rings. The number of ketones is 1. The maximum atomic E-state index is 12.0. The molecule has 0 aromatic carbocycles. The Morgan fingerprint density at radius 2 is 1.48 bits per heavy atom. The van der Waals surface area contributed by atoms with Crippen LogP contribution in [0.3, 0.4) is 0 Å². The van der Waals surface area contributed by atoms with Crippen LogP contribution in [-0.4, -0.2) is 74.5 Å². The van der Waals surface area contributed by atoms with E-state index in [1.54, 1.807) is 0 Å². The van der Waals surface area contributed by atoms with Gasteiger partial charge in [-0.2, -0.15) is 11.8 Å². The standard InChI is InChI=1S/C23H42N2O5S/c1-2-3-7-12-28-14-16-30-17-15-29-13-8-6-10-19(26)9-4-5-11-21-22-20(18-31-21)24-23(27)25-22/h20-22H,2-18H2,1H3,(H2,24,25,27)/t20-,21-,22-/m0/s1. The quantitative estimate of drug-likeness (QED) is 0.214. The van der Waals surface area contributed by atoms with E-state index in [9.17, 15) is 9.59 Å². The third-order valence-electron chi connectivity index (χ3n) is 5.76. The van der Waals surface area contributed by atoms with Crippen molar-refractivity contribution in [1.82, 2.24) is 10.6 Å². The number of fused-ring (bicyclic) bond motifs is 1. The molecule has 2 aliphatic heterocycles. The van der Waals surface area contributed by atoms with Crippen LogP contribution in [0.25, 0.3) is 0 Å². The average Bonchev–Trinajstić information content (AvgIpc) is 3.30. The number of carbonyl (C=O) groups excluding carboxylic acids is 2. The van der Waals surface area contributed by atoms with Gasteiger partial charge in [-0.1, -0.05) is 26.2 Å². The number of carbonyl (C=O) groups is 2. The lowest BCUT2D eigenvalue weighted by Crippen LogP contribution is -2.36. The highest BCUT2D eigenvalue weighted by molar-refractivity contribution is 8.00. The molecule has 2 fully saturated rings. The maximum absolute atomic E-state index is 12.0. The van der Waals surface area contributed by atoms with Gasteiger partial charge in [-0.3, -0.25) is 4.79 Å². The monoisotopic (exact) mass is 458 g/mol. The van der Waals surface area contributed by atoms with Crippen LogP contribution in [0.5, 0.6) is 0 Å². The molecule has 0 saturated carbocycles. The Morgan fingerprint density at radius 3 is 2.16 bits per heavy atom. The molecule has 0 aliphatic carbocycles. The van der Waals surface area contributed by atoms with Gasteiger partial charge in [-0.25, -0.2) is 4.79 Å². The zero-order valence-corrected chi connectivity index (χ0v) is 20.0. The number of hydrogen-bond acceptors (Lipinski definition) is 6. The molecule has 7 nitrogen and oxygen atoms in total. The second kappa shape index (κ2) is 16.8. The fraction of sp³-hybridized carbons (Fsp3) is 0.913. The van der Waals surface area contributed by atoms with Crippen molar-refractivity contribution in [2.24, 2.45) is 0 Å². The van der Waals surface area contributed by atoms with Crippen LogP contribution in [-0.2, 0) is 19.0 Å². The molecule has 2 amide bonds. The Balaban J connectivity index is 1.30. The molecule has 0 aromatic heterocycles. The summed E-state index contributed by atoms with van der Waals surface area (Å²) < 4.78 is 16.5. The highest BCUT2D eigenvalue weighted by atomic mass is 32.2. The number of amides is 2. The summed E-state index contributed by atoms with van der Waals surface area (Å²) in [5.74, 6) is 1.35. The van der Waals surface area contributed by atoms with E-state index in [1.807, 2.05) is 11.8 Å². The summed E-state index contributed by atoms with van der Waals surface area (Å²) in [6, 6.07) is 0.518. The minimum absolute atomic E-state index is 0.0326. The predicted molar refractivity (Wildman–Crippen MR) is 125 cm³/mol. The number of ether oxygens (including phenoxy) is 3. The van der Waals surface area contributed by atoms with Gasteiger partial charge in [0, 0.05) is 37.1 Å². The fourth-order valence-electron chi connectivity index (χ4n) is 3.96. The van der Waals surface area contributed by atoms with Gasteiger partial charge in [0.05, 0.1) is 38.5 Å². The van der Waals surface area contributed by atoms with Gasteiger partial charge in [0.15, 0.2) is 0 Å². The third kappa shape index (κ3) is 11.6. The summed E-state index contributed by atoms with van der Waals surface area (Å²) in [6.07, 6.45) is 9.77. The Labute approximate surface area is 192 Å². The first kappa shape index (κ1) is 26.4. The summed E-state index contributed by atoms with van der Waals surface area (Å²) in [5, 5.41) is 6.47. The Kier molecular flexibility index (Phi) is 14.3. The molecule has 0 spiro atoms. The summed E-state index contributed by atoms with van der Waals surface area (Å²) in [7, 11) is 0. The SMILES string of the molecule is CCCCCOCCOCCOCCCCC(=O)CCCC[C@@H]1SC[C@@H]2NC(=O)N[C@@H]21. The molecule has 2 saturated heterocycles. The predicted octanol–water partition coefficient (Wildman–Crippen LogP) is 3.69. The Bertz CT molecular complexity index is 508. The van der Waals surface area contributed by atoms with Crippen LogP contribution in [0.15, 0.2) is 0 Å². The Morgan fingerprint density at radius 1 is 0.871 bits per heavy atom. The lowest BCUT2D eigenvalue weighted by molar-refractivity contribution is -0.119. The molecule has 31 heavy (non-hydrogen) atoms. The molecule has 0 unspecified atom stereocenters. The minimum Gasteiger partial charge on any atom is -0.379 e. The highest BCUT2D eigenvalue weighted by Crippen LogP contribution is 2.33. The molecular weight excluding hydrogens is 416 g/mol. The molecule has 0 radical (unpaired) electrons. The number of nitrogens with one attached hydrogen (secondary N) is 2. The number of thioether (sulfide) groups is 1. The normalized spacial score (nSPS) is 22.4. The van der Waals surface area contributed by atoms with Gasteiger partial charge >= 0.3 is 6.03 Å². The van der Waals surface area contributed by atoms with E-state index in [-0.39, 0.29) is 18.1 Å². The van der Waals surface area contributed by atoms with Gasteiger partial charge in [0.2, 0.25) is 0 Å². The van der Waals surface area contributed by atoms with E-state index in [0.29, 0.717) is 56.9 Å². The molecule has 3 atom stereocenters. The Hall–Kier alpha value is -0.830. The summed E-state index contributed by atoms with van der Waals surface area (Å²) >= 11 is 1.94. The van der Waals surface area contributed by atoms with Gasteiger partial charge < -0.3 is 24.8 Å². The first-order valence-electron chi connectivity index (χ1n) is 12.1. The number of rotatable bonds is 20. The van der Waals surface area contributed by atoms with Crippen molar-refractivity contribution >= 4 is 23.6 Å². The van der Waals surface area contributed by atoms with Crippen molar-refractivity contribution in [1.29, 1.82) is 0 Å². The first-order valence-corrected chi connectivity index (χ1v) is 13.2. The van der Waals surface area contributed by atoms with E-state index < -0.39 is 0 Å². The molecule has 0 bridgehead atoms. The maximum Gasteiger partial charge on any atom is 0.315 e. The van der Waals surface area contributed by atoms with Gasteiger partial charge in [0.25, 0.3) is 0 Å². The van der Waals surface area contributed by atoms with Crippen LogP contribution in [0.4, 0.5) is 4.79 Å². The van der Waals surface area contributed by atoms with Crippen LogP contribution >= 0.6 is 11.8 Å². The molecule has 2 N–H and O–H groups in total. The van der Waals surface area contributed by atoms with Crippen molar-refractivity contribution in [2.75, 3.05) is 45.4 Å². The smallest absolute Gasteiger partial charge is 0.315 e. The summed E-state index contributed by atoms with van der Waals surface area (Å²) in [5.41, 5.74) is 0. The van der Waals surface area contributed by atoms with Gasteiger partial charge in [0.1, 0.15) is 5.78 Å². The second-order valence-electron chi connectivity index (χ2n) is 8.41.